The molecule has 0 amide bonds. The Morgan fingerprint density at radius 3 is 3.06 bits per heavy atom. The maximum atomic E-state index is 11.0. The third-order valence-corrected chi connectivity index (χ3v) is 2.73. The SMILES string of the molecule is COC(=O)CCNc1ccc2cnccc2c1N. The zero-order valence-corrected chi connectivity index (χ0v) is 10.1. The first kappa shape index (κ1) is 12.2. The lowest BCUT2D eigenvalue weighted by Crippen LogP contribution is -2.10. The number of nitrogen functional groups attached to an aromatic ring is 1. The van der Waals surface area contributed by atoms with Gasteiger partial charge in [0.15, 0.2) is 0 Å². The summed E-state index contributed by atoms with van der Waals surface area (Å²) in [7, 11) is 1.37. The summed E-state index contributed by atoms with van der Waals surface area (Å²) in [6.07, 6.45) is 3.78. The Bertz CT molecular complexity index is 569. The van der Waals surface area contributed by atoms with Crippen molar-refractivity contribution >= 4 is 28.1 Å². The van der Waals surface area contributed by atoms with Gasteiger partial charge in [-0.2, -0.15) is 0 Å². The molecule has 1 heterocycles. The van der Waals surface area contributed by atoms with Crippen molar-refractivity contribution in [1.29, 1.82) is 0 Å². The van der Waals surface area contributed by atoms with Crippen molar-refractivity contribution in [2.24, 2.45) is 0 Å². The third-order valence-electron chi connectivity index (χ3n) is 2.73. The molecule has 0 fully saturated rings. The molecular formula is C13H15N3O2. The van der Waals surface area contributed by atoms with Crippen LogP contribution in [-0.2, 0) is 9.53 Å². The van der Waals surface area contributed by atoms with E-state index >= 15 is 0 Å². The van der Waals surface area contributed by atoms with E-state index in [1.807, 2.05) is 18.2 Å². The van der Waals surface area contributed by atoms with Crippen molar-refractivity contribution in [3.8, 4) is 0 Å². The number of nitrogens with one attached hydrogen (secondary N) is 1. The van der Waals surface area contributed by atoms with E-state index in [2.05, 4.69) is 15.0 Å². The Morgan fingerprint density at radius 1 is 1.44 bits per heavy atom. The molecule has 3 N–H and O–H groups in total. The number of pyridine rings is 1. The molecule has 5 nitrogen and oxygen atoms in total. The Morgan fingerprint density at radius 2 is 2.28 bits per heavy atom. The van der Waals surface area contributed by atoms with Crippen LogP contribution in [0.3, 0.4) is 0 Å². The number of hydrogen-bond acceptors (Lipinski definition) is 5. The number of nitrogens with zero attached hydrogens (tertiary/aromatic N) is 1. The van der Waals surface area contributed by atoms with Crippen molar-refractivity contribution < 1.29 is 9.53 Å². The standard InChI is InChI=1S/C13H15N3O2/c1-18-12(17)5-7-16-11-3-2-9-8-15-6-4-10(9)13(11)14/h2-4,6,8,16H,5,7,14H2,1H3. The molecule has 2 aromatic rings. The summed E-state index contributed by atoms with van der Waals surface area (Å²) in [4.78, 5) is 15.0. The lowest BCUT2D eigenvalue weighted by molar-refractivity contribution is -0.140. The minimum Gasteiger partial charge on any atom is -0.469 e. The molecule has 1 aromatic carbocycles. The van der Waals surface area contributed by atoms with E-state index in [0.29, 0.717) is 18.7 Å². The molecule has 0 saturated carbocycles. The van der Waals surface area contributed by atoms with Gasteiger partial charge in [-0.15, -0.1) is 0 Å². The molecule has 0 saturated heterocycles. The fraction of sp³-hybridized carbons (Fsp3) is 0.231. The molecular weight excluding hydrogens is 230 g/mol. The number of aromatic nitrogens is 1. The maximum Gasteiger partial charge on any atom is 0.307 e. The molecule has 94 valence electrons. The van der Waals surface area contributed by atoms with Crippen LogP contribution >= 0.6 is 0 Å². The van der Waals surface area contributed by atoms with Crippen LogP contribution in [0.4, 0.5) is 11.4 Å². The summed E-state index contributed by atoms with van der Waals surface area (Å²) in [5.41, 5.74) is 7.55. The Hall–Kier alpha value is -2.30. The monoisotopic (exact) mass is 245 g/mol. The average Bonchev–Trinajstić information content (AvgIpc) is 2.41. The molecule has 0 atom stereocenters. The lowest BCUT2D eigenvalue weighted by Gasteiger charge is -2.10. The molecule has 2 rings (SSSR count). The first-order valence-corrected chi connectivity index (χ1v) is 5.65. The highest BCUT2D eigenvalue weighted by Crippen LogP contribution is 2.27. The zero-order chi connectivity index (χ0) is 13.0. The summed E-state index contributed by atoms with van der Waals surface area (Å²) in [5, 5.41) is 5.07. The van der Waals surface area contributed by atoms with E-state index in [1.54, 1.807) is 12.4 Å². The normalized spacial score (nSPS) is 10.3. The van der Waals surface area contributed by atoms with E-state index in [1.165, 1.54) is 7.11 Å². The Balaban J connectivity index is 2.14. The van der Waals surface area contributed by atoms with Crippen LogP contribution in [0.5, 0.6) is 0 Å². The molecule has 0 radical (unpaired) electrons. The number of fused-ring (bicyclic) bond motifs is 1. The van der Waals surface area contributed by atoms with Gasteiger partial charge in [-0.3, -0.25) is 9.78 Å². The van der Waals surface area contributed by atoms with Gasteiger partial charge < -0.3 is 15.8 Å². The van der Waals surface area contributed by atoms with Crippen molar-refractivity contribution in [3.05, 3.63) is 30.6 Å². The number of benzene rings is 1. The van der Waals surface area contributed by atoms with Crippen molar-refractivity contribution in [1.82, 2.24) is 4.98 Å². The molecule has 0 aliphatic heterocycles. The minimum absolute atomic E-state index is 0.244. The second kappa shape index (κ2) is 5.35. The number of carbonyl (C=O) groups excluding carboxylic acids is 1. The number of methoxy groups -OCH3 is 1. The fourth-order valence-corrected chi connectivity index (χ4v) is 1.75. The predicted octanol–water partition coefficient (Wildman–Crippen LogP) is 1.79. The summed E-state index contributed by atoms with van der Waals surface area (Å²) in [6.45, 7) is 0.494. The van der Waals surface area contributed by atoms with Gasteiger partial charge in [0.1, 0.15) is 0 Å². The molecule has 1 aromatic heterocycles. The van der Waals surface area contributed by atoms with Crippen molar-refractivity contribution in [3.63, 3.8) is 0 Å². The molecule has 0 aliphatic carbocycles. The topological polar surface area (TPSA) is 77.2 Å². The second-order valence-corrected chi connectivity index (χ2v) is 3.88. The first-order chi connectivity index (χ1) is 8.72. The van der Waals surface area contributed by atoms with Crippen LogP contribution in [0.25, 0.3) is 10.8 Å². The van der Waals surface area contributed by atoms with Gasteiger partial charge in [0, 0.05) is 29.7 Å². The molecule has 0 spiro atoms. The number of hydrogen-bond donors (Lipinski definition) is 2. The number of nitrogens with two attached hydrogens (primary N) is 1. The Labute approximate surface area is 105 Å². The number of ether oxygens (including phenoxy) is 1. The van der Waals surface area contributed by atoms with Gasteiger partial charge in [0.25, 0.3) is 0 Å². The van der Waals surface area contributed by atoms with E-state index in [0.717, 1.165) is 16.5 Å². The van der Waals surface area contributed by atoms with Gasteiger partial charge in [-0.05, 0) is 12.1 Å². The van der Waals surface area contributed by atoms with Gasteiger partial charge in [0.05, 0.1) is 24.9 Å². The van der Waals surface area contributed by atoms with E-state index in [-0.39, 0.29) is 5.97 Å². The van der Waals surface area contributed by atoms with Crippen LogP contribution in [0.15, 0.2) is 30.6 Å². The molecule has 0 aliphatic rings. The van der Waals surface area contributed by atoms with Crippen LogP contribution in [0.1, 0.15) is 6.42 Å². The zero-order valence-electron chi connectivity index (χ0n) is 10.1. The highest BCUT2D eigenvalue weighted by Gasteiger charge is 2.05. The number of rotatable bonds is 4. The summed E-state index contributed by atoms with van der Waals surface area (Å²) < 4.78 is 4.57. The van der Waals surface area contributed by atoms with Crippen LogP contribution < -0.4 is 11.1 Å². The van der Waals surface area contributed by atoms with Gasteiger partial charge >= 0.3 is 5.97 Å². The predicted molar refractivity (Wildman–Crippen MR) is 71.3 cm³/mol. The average molecular weight is 245 g/mol. The van der Waals surface area contributed by atoms with Crippen molar-refractivity contribution in [2.45, 2.75) is 6.42 Å². The molecule has 18 heavy (non-hydrogen) atoms. The van der Waals surface area contributed by atoms with E-state index < -0.39 is 0 Å². The maximum absolute atomic E-state index is 11.0. The number of esters is 1. The second-order valence-electron chi connectivity index (χ2n) is 3.88. The quantitative estimate of drug-likeness (QED) is 0.634. The minimum atomic E-state index is -0.244. The van der Waals surface area contributed by atoms with Gasteiger partial charge in [-0.1, -0.05) is 6.07 Å². The summed E-state index contributed by atoms with van der Waals surface area (Å²) >= 11 is 0. The van der Waals surface area contributed by atoms with Crippen LogP contribution in [-0.4, -0.2) is 24.6 Å². The van der Waals surface area contributed by atoms with Crippen LogP contribution in [0.2, 0.25) is 0 Å². The summed E-state index contributed by atoms with van der Waals surface area (Å²) in [5.74, 6) is -0.244. The molecule has 0 bridgehead atoms. The van der Waals surface area contributed by atoms with Crippen LogP contribution in [0, 0.1) is 0 Å². The number of anilines is 2. The third kappa shape index (κ3) is 2.51. The molecule has 5 heteroatoms. The first-order valence-electron chi connectivity index (χ1n) is 5.65. The van der Waals surface area contributed by atoms with Crippen molar-refractivity contribution in [2.75, 3.05) is 24.7 Å². The highest BCUT2D eigenvalue weighted by molar-refractivity contribution is 5.98. The lowest BCUT2D eigenvalue weighted by atomic mass is 10.1. The highest BCUT2D eigenvalue weighted by atomic mass is 16.5. The Kier molecular flexibility index (Phi) is 3.62. The van der Waals surface area contributed by atoms with E-state index in [4.69, 9.17) is 5.73 Å². The fourth-order valence-electron chi connectivity index (χ4n) is 1.75. The van der Waals surface area contributed by atoms with Gasteiger partial charge in [0.2, 0.25) is 0 Å². The van der Waals surface area contributed by atoms with E-state index in [9.17, 15) is 4.79 Å². The molecule has 0 unspecified atom stereocenters. The van der Waals surface area contributed by atoms with Gasteiger partial charge in [-0.25, -0.2) is 0 Å². The largest absolute Gasteiger partial charge is 0.469 e. The smallest absolute Gasteiger partial charge is 0.307 e. The number of carbonyl (C=O) groups is 1. The summed E-state index contributed by atoms with van der Waals surface area (Å²) in [6, 6.07) is 5.70.